The van der Waals surface area contributed by atoms with Crippen molar-refractivity contribution in [2.75, 3.05) is 7.11 Å². The van der Waals surface area contributed by atoms with Gasteiger partial charge in [-0.2, -0.15) is 0 Å². The molecule has 1 saturated heterocycles. The zero-order valence-corrected chi connectivity index (χ0v) is 14.2. The van der Waals surface area contributed by atoms with Crippen molar-refractivity contribution in [2.45, 2.75) is 73.2 Å². The van der Waals surface area contributed by atoms with Crippen molar-refractivity contribution in [3.05, 3.63) is 0 Å². The van der Waals surface area contributed by atoms with Gasteiger partial charge in [0.2, 0.25) is 0 Å². The molecule has 114 valence electrons. The highest BCUT2D eigenvalue weighted by Gasteiger charge is 2.55. The molecule has 0 N–H and O–H groups in total. The quantitative estimate of drug-likeness (QED) is 0.694. The Morgan fingerprint density at radius 3 is 1.95 bits per heavy atom. The molecule has 1 fully saturated rings. The molecule has 0 aromatic heterocycles. The summed E-state index contributed by atoms with van der Waals surface area (Å²) in [7, 11) is 1.81. The molecule has 19 heavy (non-hydrogen) atoms. The van der Waals surface area contributed by atoms with Crippen LogP contribution in [-0.4, -0.2) is 19.0 Å². The normalized spacial score (nSPS) is 35.8. The maximum absolute atomic E-state index is 6.48. The van der Waals surface area contributed by atoms with Crippen LogP contribution in [0.4, 0.5) is 0 Å². The molecule has 0 aromatic carbocycles. The standard InChI is InChI=1S/C17H34O2/c1-9-17(18-8)16(13(6)7)15(12(4)5)14(19-17)10-11(2)3/h11-16H,9-10H2,1-8H3. The average molecular weight is 270 g/mol. The number of hydrogen-bond donors (Lipinski definition) is 0. The maximum Gasteiger partial charge on any atom is 0.171 e. The lowest BCUT2D eigenvalue weighted by Gasteiger charge is -2.37. The van der Waals surface area contributed by atoms with E-state index in [9.17, 15) is 0 Å². The summed E-state index contributed by atoms with van der Waals surface area (Å²) in [6.07, 6.45) is 2.41. The van der Waals surface area contributed by atoms with Crippen LogP contribution >= 0.6 is 0 Å². The Bertz CT molecular complexity index is 266. The van der Waals surface area contributed by atoms with Gasteiger partial charge in [-0.1, -0.05) is 48.5 Å². The Hall–Kier alpha value is -0.0800. The number of methoxy groups -OCH3 is 1. The highest BCUT2D eigenvalue weighted by Crippen LogP contribution is 2.51. The molecule has 1 aliphatic rings. The van der Waals surface area contributed by atoms with Gasteiger partial charge < -0.3 is 9.47 Å². The minimum absolute atomic E-state index is 0.340. The van der Waals surface area contributed by atoms with Crippen LogP contribution in [0, 0.1) is 29.6 Å². The van der Waals surface area contributed by atoms with E-state index in [1.807, 2.05) is 7.11 Å². The third-order valence-corrected chi connectivity index (χ3v) is 4.73. The largest absolute Gasteiger partial charge is 0.353 e. The molecule has 1 aliphatic heterocycles. The summed E-state index contributed by atoms with van der Waals surface area (Å²) in [5.74, 6) is 2.61. The van der Waals surface area contributed by atoms with Gasteiger partial charge in [-0.25, -0.2) is 0 Å². The molecule has 0 spiro atoms. The van der Waals surface area contributed by atoms with Gasteiger partial charge in [0.1, 0.15) is 0 Å². The van der Waals surface area contributed by atoms with Crippen LogP contribution in [0.1, 0.15) is 61.3 Å². The van der Waals surface area contributed by atoms with E-state index >= 15 is 0 Å². The summed E-state index contributed by atoms with van der Waals surface area (Å²) >= 11 is 0. The lowest BCUT2D eigenvalue weighted by molar-refractivity contribution is -0.239. The van der Waals surface area contributed by atoms with Crippen LogP contribution in [0.15, 0.2) is 0 Å². The SMILES string of the molecule is CCC1(OC)OC(CC(C)C)C(C(C)C)C1C(C)C. The first-order valence-electron chi connectivity index (χ1n) is 8.02. The van der Waals surface area contributed by atoms with Gasteiger partial charge >= 0.3 is 0 Å². The molecule has 0 saturated carbocycles. The second-order valence-corrected chi connectivity index (χ2v) is 7.25. The lowest BCUT2D eigenvalue weighted by atomic mass is 9.71. The smallest absolute Gasteiger partial charge is 0.171 e. The predicted octanol–water partition coefficient (Wildman–Crippen LogP) is 4.73. The Balaban J connectivity index is 3.10. The molecule has 1 rings (SSSR count). The van der Waals surface area contributed by atoms with Crippen LogP contribution in [-0.2, 0) is 9.47 Å². The second kappa shape index (κ2) is 6.58. The van der Waals surface area contributed by atoms with Gasteiger partial charge in [0, 0.05) is 13.0 Å². The Labute approximate surface area is 120 Å². The van der Waals surface area contributed by atoms with Crippen LogP contribution in [0.2, 0.25) is 0 Å². The molecular weight excluding hydrogens is 236 g/mol. The molecule has 2 nitrogen and oxygen atoms in total. The summed E-state index contributed by atoms with van der Waals surface area (Å²) in [6, 6.07) is 0. The summed E-state index contributed by atoms with van der Waals surface area (Å²) in [5, 5.41) is 0. The first kappa shape index (κ1) is 17.0. The minimum Gasteiger partial charge on any atom is -0.353 e. The first-order chi connectivity index (χ1) is 8.79. The zero-order chi connectivity index (χ0) is 14.8. The number of ether oxygens (including phenoxy) is 2. The van der Waals surface area contributed by atoms with E-state index in [4.69, 9.17) is 9.47 Å². The Morgan fingerprint density at radius 1 is 1.05 bits per heavy atom. The molecular formula is C17H34O2. The van der Waals surface area contributed by atoms with Crippen LogP contribution in [0.25, 0.3) is 0 Å². The Morgan fingerprint density at radius 2 is 1.63 bits per heavy atom. The van der Waals surface area contributed by atoms with Gasteiger partial charge in [0.05, 0.1) is 6.10 Å². The summed E-state index contributed by atoms with van der Waals surface area (Å²) in [4.78, 5) is 0. The van der Waals surface area contributed by atoms with Crippen molar-refractivity contribution >= 4 is 0 Å². The van der Waals surface area contributed by atoms with Crippen molar-refractivity contribution in [1.29, 1.82) is 0 Å². The third kappa shape index (κ3) is 3.33. The van der Waals surface area contributed by atoms with E-state index in [0.29, 0.717) is 35.7 Å². The number of hydrogen-bond acceptors (Lipinski definition) is 2. The van der Waals surface area contributed by atoms with Crippen molar-refractivity contribution in [3.63, 3.8) is 0 Å². The molecule has 0 bridgehead atoms. The molecule has 4 unspecified atom stereocenters. The molecule has 1 heterocycles. The highest BCUT2D eigenvalue weighted by molar-refractivity contribution is 4.97. The molecule has 0 radical (unpaired) electrons. The molecule has 4 atom stereocenters. The minimum atomic E-state index is -0.372. The molecule has 2 heteroatoms. The molecule has 0 amide bonds. The van der Waals surface area contributed by atoms with Crippen molar-refractivity contribution in [2.24, 2.45) is 29.6 Å². The van der Waals surface area contributed by atoms with Crippen LogP contribution in [0.5, 0.6) is 0 Å². The van der Waals surface area contributed by atoms with Crippen molar-refractivity contribution in [1.82, 2.24) is 0 Å². The average Bonchev–Trinajstić information content (AvgIpc) is 2.63. The zero-order valence-electron chi connectivity index (χ0n) is 14.2. The van der Waals surface area contributed by atoms with Gasteiger partial charge in [-0.05, 0) is 36.5 Å². The molecule has 0 aromatic rings. The van der Waals surface area contributed by atoms with E-state index in [-0.39, 0.29) is 5.79 Å². The van der Waals surface area contributed by atoms with E-state index < -0.39 is 0 Å². The van der Waals surface area contributed by atoms with Gasteiger partial charge in [-0.15, -0.1) is 0 Å². The monoisotopic (exact) mass is 270 g/mol. The van der Waals surface area contributed by atoms with E-state index in [2.05, 4.69) is 48.5 Å². The topological polar surface area (TPSA) is 18.5 Å². The summed E-state index contributed by atoms with van der Waals surface area (Å²) in [6.45, 7) is 16.0. The number of rotatable bonds is 6. The molecule has 0 aliphatic carbocycles. The van der Waals surface area contributed by atoms with E-state index in [1.165, 1.54) is 0 Å². The maximum atomic E-state index is 6.48. The van der Waals surface area contributed by atoms with Gasteiger partial charge in [0.25, 0.3) is 0 Å². The first-order valence-corrected chi connectivity index (χ1v) is 8.02. The van der Waals surface area contributed by atoms with Crippen molar-refractivity contribution in [3.8, 4) is 0 Å². The lowest BCUT2D eigenvalue weighted by Crippen LogP contribution is -2.42. The summed E-state index contributed by atoms with van der Waals surface area (Å²) in [5.41, 5.74) is 0. The van der Waals surface area contributed by atoms with Gasteiger partial charge in [-0.3, -0.25) is 0 Å². The summed E-state index contributed by atoms with van der Waals surface area (Å²) < 4.78 is 12.4. The van der Waals surface area contributed by atoms with Crippen molar-refractivity contribution < 1.29 is 9.47 Å². The predicted molar refractivity (Wildman–Crippen MR) is 81.0 cm³/mol. The third-order valence-electron chi connectivity index (χ3n) is 4.73. The fourth-order valence-corrected chi connectivity index (χ4v) is 4.05. The fraction of sp³-hybridized carbons (Fsp3) is 1.00. The Kier molecular flexibility index (Phi) is 5.88. The van der Waals surface area contributed by atoms with E-state index in [0.717, 1.165) is 12.8 Å². The fourth-order valence-electron chi connectivity index (χ4n) is 4.05. The van der Waals surface area contributed by atoms with E-state index in [1.54, 1.807) is 0 Å². The highest BCUT2D eigenvalue weighted by atomic mass is 16.7. The van der Waals surface area contributed by atoms with Gasteiger partial charge in [0.15, 0.2) is 5.79 Å². The second-order valence-electron chi connectivity index (χ2n) is 7.25. The van der Waals surface area contributed by atoms with Crippen LogP contribution < -0.4 is 0 Å². The van der Waals surface area contributed by atoms with Crippen LogP contribution in [0.3, 0.4) is 0 Å².